The smallest absolute Gasteiger partial charge is 0.387 e. The highest BCUT2D eigenvalue weighted by atomic mass is 19.3. The van der Waals surface area contributed by atoms with Gasteiger partial charge in [-0.3, -0.25) is 0 Å². The molecule has 1 aromatic rings. The predicted molar refractivity (Wildman–Crippen MR) is 44.4 cm³/mol. The number of aromatic carboxylic acids is 1. The molecule has 3 N–H and O–H groups in total. The number of para-hydroxylation sites is 1. The fourth-order valence-corrected chi connectivity index (χ4v) is 0.929. The summed E-state index contributed by atoms with van der Waals surface area (Å²) in [5.41, 5.74) is 4.73. The van der Waals surface area contributed by atoms with Gasteiger partial charge >= 0.3 is 12.6 Å². The molecule has 0 aliphatic rings. The highest BCUT2D eigenvalue weighted by Crippen LogP contribution is 2.26. The van der Waals surface area contributed by atoms with E-state index in [1.54, 1.807) is 0 Å². The molecule has 0 atom stereocenters. The van der Waals surface area contributed by atoms with Crippen molar-refractivity contribution in [1.29, 1.82) is 0 Å². The third-order valence-corrected chi connectivity index (χ3v) is 1.51. The van der Waals surface area contributed by atoms with Crippen LogP contribution in [0.2, 0.25) is 0 Å². The van der Waals surface area contributed by atoms with Gasteiger partial charge in [-0.1, -0.05) is 6.07 Å². The predicted octanol–water partition coefficient (Wildman–Crippen LogP) is 1.57. The van der Waals surface area contributed by atoms with E-state index in [0.717, 1.165) is 0 Å². The van der Waals surface area contributed by atoms with Gasteiger partial charge in [0.1, 0.15) is 5.75 Å². The van der Waals surface area contributed by atoms with E-state index in [-0.39, 0.29) is 17.0 Å². The number of ether oxygens (including phenoxy) is 1. The number of nitrogens with two attached hydrogens (primary N) is 1. The maximum atomic E-state index is 11.8. The van der Waals surface area contributed by atoms with Crippen LogP contribution in [0.1, 0.15) is 10.4 Å². The average molecular weight is 203 g/mol. The van der Waals surface area contributed by atoms with Crippen molar-refractivity contribution in [2.24, 2.45) is 0 Å². The van der Waals surface area contributed by atoms with Crippen molar-refractivity contribution in [3.63, 3.8) is 0 Å². The van der Waals surface area contributed by atoms with E-state index in [1.165, 1.54) is 18.2 Å². The molecule has 0 saturated carbocycles. The van der Waals surface area contributed by atoms with Gasteiger partial charge in [-0.05, 0) is 12.1 Å². The summed E-state index contributed by atoms with van der Waals surface area (Å²) < 4.78 is 27.6. The number of rotatable bonds is 3. The molecule has 0 fully saturated rings. The normalized spacial score (nSPS) is 10.2. The average Bonchev–Trinajstić information content (AvgIpc) is 2.07. The van der Waals surface area contributed by atoms with Gasteiger partial charge in [0.05, 0.1) is 11.3 Å². The first kappa shape index (κ1) is 10.2. The van der Waals surface area contributed by atoms with Gasteiger partial charge in [0.15, 0.2) is 0 Å². The number of carboxylic acid groups (broad SMARTS) is 1. The van der Waals surface area contributed by atoms with Crippen molar-refractivity contribution in [2.45, 2.75) is 6.61 Å². The Balaban J connectivity index is 3.07. The first-order valence-corrected chi connectivity index (χ1v) is 3.59. The monoisotopic (exact) mass is 203 g/mol. The lowest BCUT2D eigenvalue weighted by Crippen LogP contribution is -2.08. The van der Waals surface area contributed by atoms with Crippen LogP contribution in [0.15, 0.2) is 18.2 Å². The molecule has 1 aromatic carbocycles. The van der Waals surface area contributed by atoms with E-state index in [1.807, 2.05) is 0 Å². The third-order valence-electron chi connectivity index (χ3n) is 1.51. The Hall–Kier alpha value is -1.85. The Morgan fingerprint density at radius 1 is 1.50 bits per heavy atom. The zero-order valence-corrected chi connectivity index (χ0v) is 6.91. The molecule has 0 saturated heterocycles. The number of halogens is 2. The number of carbonyl (C=O) groups is 1. The number of carboxylic acids is 1. The van der Waals surface area contributed by atoms with Crippen LogP contribution in [0.4, 0.5) is 14.5 Å². The number of hydrogen-bond acceptors (Lipinski definition) is 3. The van der Waals surface area contributed by atoms with E-state index in [4.69, 9.17) is 10.8 Å². The van der Waals surface area contributed by atoms with Crippen LogP contribution in [-0.2, 0) is 0 Å². The van der Waals surface area contributed by atoms with Crippen molar-refractivity contribution < 1.29 is 23.4 Å². The second kappa shape index (κ2) is 3.91. The summed E-state index contributed by atoms with van der Waals surface area (Å²) >= 11 is 0. The van der Waals surface area contributed by atoms with Gasteiger partial charge in [-0.25, -0.2) is 4.79 Å². The van der Waals surface area contributed by atoms with Crippen molar-refractivity contribution in [3.8, 4) is 5.75 Å². The quantitative estimate of drug-likeness (QED) is 0.731. The lowest BCUT2D eigenvalue weighted by molar-refractivity contribution is -0.0493. The van der Waals surface area contributed by atoms with Gasteiger partial charge in [0.25, 0.3) is 0 Å². The van der Waals surface area contributed by atoms with Crippen LogP contribution in [0, 0.1) is 0 Å². The first-order chi connectivity index (χ1) is 6.52. The molecule has 0 heterocycles. The van der Waals surface area contributed by atoms with Crippen molar-refractivity contribution in [1.82, 2.24) is 0 Å². The van der Waals surface area contributed by atoms with E-state index < -0.39 is 12.6 Å². The van der Waals surface area contributed by atoms with Gasteiger partial charge in [-0.2, -0.15) is 8.78 Å². The van der Waals surface area contributed by atoms with Gasteiger partial charge in [0, 0.05) is 0 Å². The van der Waals surface area contributed by atoms with Crippen LogP contribution in [0.25, 0.3) is 0 Å². The SMILES string of the molecule is Nc1c(OC(F)F)cccc1C(=O)O. The zero-order chi connectivity index (χ0) is 10.7. The number of anilines is 1. The maximum Gasteiger partial charge on any atom is 0.387 e. The second-order valence-electron chi connectivity index (χ2n) is 2.40. The minimum absolute atomic E-state index is 0.261. The Labute approximate surface area is 77.9 Å². The molecule has 0 aliphatic heterocycles. The molecule has 6 heteroatoms. The lowest BCUT2D eigenvalue weighted by atomic mass is 10.1. The van der Waals surface area contributed by atoms with Crippen LogP contribution in [0.5, 0.6) is 5.75 Å². The largest absolute Gasteiger partial charge is 0.478 e. The molecule has 14 heavy (non-hydrogen) atoms. The maximum absolute atomic E-state index is 11.8. The molecule has 0 aliphatic carbocycles. The first-order valence-electron chi connectivity index (χ1n) is 3.59. The number of benzene rings is 1. The standard InChI is InChI=1S/C8H7F2NO3/c9-8(10)14-5-3-1-2-4(6(5)11)7(12)13/h1-3,8H,11H2,(H,12,13). The highest BCUT2D eigenvalue weighted by Gasteiger charge is 2.14. The molecule has 76 valence electrons. The third kappa shape index (κ3) is 2.09. The summed E-state index contributed by atoms with van der Waals surface area (Å²) in [5, 5.41) is 8.60. The molecular formula is C8H7F2NO3. The summed E-state index contributed by atoms with van der Waals surface area (Å²) in [6.45, 7) is -3.03. The van der Waals surface area contributed by atoms with Gasteiger partial charge in [0.2, 0.25) is 0 Å². The fraction of sp³-hybridized carbons (Fsp3) is 0.125. The van der Waals surface area contributed by atoms with Crippen molar-refractivity contribution >= 4 is 11.7 Å². The lowest BCUT2D eigenvalue weighted by Gasteiger charge is -2.08. The van der Waals surface area contributed by atoms with Crippen LogP contribution in [0.3, 0.4) is 0 Å². The molecule has 0 amide bonds. The summed E-state index contributed by atoms with van der Waals surface area (Å²) in [5.74, 6) is -1.62. The zero-order valence-electron chi connectivity index (χ0n) is 6.91. The molecule has 0 radical (unpaired) electrons. The van der Waals surface area contributed by atoms with Crippen LogP contribution >= 0.6 is 0 Å². The highest BCUT2D eigenvalue weighted by molar-refractivity contribution is 5.95. The molecule has 4 nitrogen and oxygen atoms in total. The Bertz CT molecular complexity index is 354. The molecule has 0 aromatic heterocycles. The summed E-state index contributed by atoms with van der Waals surface area (Å²) in [6, 6.07) is 3.65. The minimum Gasteiger partial charge on any atom is -0.478 e. The van der Waals surface area contributed by atoms with E-state index >= 15 is 0 Å². The minimum atomic E-state index is -3.03. The fourth-order valence-electron chi connectivity index (χ4n) is 0.929. The van der Waals surface area contributed by atoms with Crippen LogP contribution < -0.4 is 10.5 Å². The van der Waals surface area contributed by atoms with Gasteiger partial charge < -0.3 is 15.6 Å². The Morgan fingerprint density at radius 3 is 2.64 bits per heavy atom. The summed E-state index contributed by atoms with van der Waals surface area (Å²) in [7, 11) is 0. The number of nitrogen functional groups attached to an aromatic ring is 1. The van der Waals surface area contributed by atoms with Gasteiger partial charge in [-0.15, -0.1) is 0 Å². The molecule has 0 bridgehead atoms. The number of alkyl halides is 2. The molecule has 0 unspecified atom stereocenters. The van der Waals surface area contributed by atoms with E-state index in [9.17, 15) is 13.6 Å². The van der Waals surface area contributed by atoms with Crippen molar-refractivity contribution in [3.05, 3.63) is 23.8 Å². The number of hydrogen-bond donors (Lipinski definition) is 2. The topological polar surface area (TPSA) is 72.5 Å². The van der Waals surface area contributed by atoms with Crippen molar-refractivity contribution in [2.75, 3.05) is 5.73 Å². The van der Waals surface area contributed by atoms with E-state index in [2.05, 4.69) is 4.74 Å². The Kier molecular flexibility index (Phi) is 2.85. The van der Waals surface area contributed by atoms with E-state index in [0.29, 0.717) is 0 Å². The molecule has 0 spiro atoms. The molecular weight excluding hydrogens is 196 g/mol. The molecule has 1 rings (SSSR count). The second-order valence-corrected chi connectivity index (χ2v) is 2.40. The van der Waals surface area contributed by atoms with Crippen LogP contribution in [-0.4, -0.2) is 17.7 Å². The summed E-state index contributed by atoms with van der Waals surface area (Å²) in [6.07, 6.45) is 0. The Morgan fingerprint density at radius 2 is 2.14 bits per heavy atom. The summed E-state index contributed by atoms with van der Waals surface area (Å²) in [4.78, 5) is 10.5.